The summed E-state index contributed by atoms with van der Waals surface area (Å²) in [7, 11) is 2.13. The van der Waals surface area contributed by atoms with Gasteiger partial charge in [-0.05, 0) is 56.9 Å². The fraction of sp³-hybridized carbons (Fsp3) is 0.500. The topological polar surface area (TPSA) is 61.0 Å². The van der Waals surface area contributed by atoms with Crippen LogP contribution in [0, 0.1) is 0 Å². The summed E-state index contributed by atoms with van der Waals surface area (Å²) in [6, 6.07) is 10.5. The number of aromatic nitrogens is 2. The maximum Gasteiger partial charge on any atom is 0.230 e. The Labute approximate surface area is 148 Å². The van der Waals surface area contributed by atoms with Crippen LogP contribution in [0.5, 0.6) is 0 Å². The number of nitrogens with one attached hydrogen (secondary N) is 2. The van der Waals surface area contributed by atoms with Crippen molar-refractivity contribution < 1.29 is 4.79 Å². The normalized spacial score (nSPS) is 23.0. The van der Waals surface area contributed by atoms with Crippen molar-refractivity contribution in [2.24, 2.45) is 0 Å². The van der Waals surface area contributed by atoms with Gasteiger partial charge in [-0.1, -0.05) is 30.3 Å². The third-order valence-electron chi connectivity index (χ3n) is 5.96. The Bertz CT molecular complexity index is 731. The first-order chi connectivity index (χ1) is 12.2. The van der Waals surface area contributed by atoms with Gasteiger partial charge in [-0.15, -0.1) is 0 Å². The molecule has 1 amide bonds. The fourth-order valence-corrected chi connectivity index (χ4v) is 4.26. The minimum Gasteiger partial charge on any atom is -0.352 e. The second kappa shape index (κ2) is 6.64. The molecule has 1 aromatic carbocycles. The molecule has 1 fully saturated rings. The predicted molar refractivity (Wildman–Crippen MR) is 97.4 cm³/mol. The molecule has 132 valence electrons. The van der Waals surface area contributed by atoms with Crippen LogP contribution in [0.25, 0.3) is 0 Å². The maximum atomic E-state index is 13.4. The Hall–Kier alpha value is -2.14. The van der Waals surface area contributed by atoms with Crippen molar-refractivity contribution in [2.75, 3.05) is 20.1 Å². The van der Waals surface area contributed by atoms with Crippen LogP contribution in [0.1, 0.15) is 36.1 Å². The molecule has 0 spiro atoms. The lowest BCUT2D eigenvalue weighted by atomic mass is 9.71. The van der Waals surface area contributed by atoms with Gasteiger partial charge in [0.2, 0.25) is 5.91 Å². The number of hydrogen-bond donors (Lipinski definition) is 2. The van der Waals surface area contributed by atoms with E-state index in [1.54, 1.807) is 0 Å². The van der Waals surface area contributed by atoms with E-state index in [-0.39, 0.29) is 11.9 Å². The molecule has 1 aromatic heterocycles. The number of fused-ring (bicyclic) bond motifs is 1. The van der Waals surface area contributed by atoms with Crippen LogP contribution >= 0.6 is 0 Å². The summed E-state index contributed by atoms with van der Waals surface area (Å²) in [4.78, 5) is 15.7. The number of aryl methyl sites for hydroxylation is 1. The second-order valence-corrected chi connectivity index (χ2v) is 7.54. The lowest BCUT2D eigenvalue weighted by molar-refractivity contribution is -0.129. The smallest absolute Gasteiger partial charge is 0.230 e. The summed E-state index contributed by atoms with van der Waals surface area (Å²) in [6.45, 7) is 1.91. The van der Waals surface area contributed by atoms with Crippen molar-refractivity contribution in [3.05, 3.63) is 53.3 Å². The summed E-state index contributed by atoms with van der Waals surface area (Å²) in [5.41, 5.74) is 3.22. The molecule has 2 N–H and O–H groups in total. The van der Waals surface area contributed by atoms with Crippen LogP contribution in [-0.2, 0) is 23.1 Å². The number of nitrogens with zero attached hydrogens (tertiary/aromatic N) is 2. The van der Waals surface area contributed by atoms with Crippen molar-refractivity contribution in [1.82, 2.24) is 20.4 Å². The first-order valence-corrected chi connectivity index (χ1v) is 9.23. The van der Waals surface area contributed by atoms with Gasteiger partial charge in [-0.3, -0.25) is 9.89 Å². The molecule has 0 unspecified atom stereocenters. The molecule has 1 aliphatic heterocycles. The Morgan fingerprint density at radius 1 is 1.28 bits per heavy atom. The Morgan fingerprint density at radius 2 is 2.04 bits per heavy atom. The molecule has 0 bridgehead atoms. The number of H-pyrrole nitrogens is 1. The number of aromatic amines is 1. The van der Waals surface area contributed by atoms with E-state index in [2.05, 4.69) is 39.6 Å². The summed E-state index contributed by atoms with van der Waals surface area (Å²) < 4.78 is 0. The SMILES string of the molecule is CN1CCC(C(=O)N[C@@H]2CCc3cn[nH]c3C2)(c2ccccc2)CC1. The van der Waals surface area contributed by atoms with Crippen LogP contribution in [0.15, 0.2) is 36.5 Å². The summed E-state index contributed by atoms with van der Waals surface area (Å²) in [5.74, 6) is 0.194. The van der Waals surface area contributed by atoms with Crippen molar-refractivity contribution in [2.45, 2.75) is 43.6 Å². The zero-order valence-electron chi connectivity index (χ0n) is 14.8. The summed E-state index contributed by atoms with van der Waals surface area (Å²) in [6.07, 6.45) is 6.49. The third kappa shape index (κ3) is 3.09. The van der Waals surface area contributed by atoms with Crippen molar-refractivity contribution in [3.63, 3.8) is 0 Å². The van der Waals surface area contributed by atoms with Gasteiger partial charge in [0.1, 0.15) is 0 Å². The van der Waals surface area contributed by atoms with Gasteiger partial charge in [0.15, 0.2) is 0 Å². The highest BCUT2D eigenvalue weighted by molar-refractivity contribution is 5.88. The highest BCUT2D eigenvalue weighted by atomic mass is 16.2. The van der Waals surface area contributed by atoms with Crippen LogP contribution in [-0.4, -0.2) is 47.2 Å². The van der Waals surface area contributed by atoms with Crippen molar-refractivity contribution in [3.8, 4) is 0 Å². The number of rotatable bonds is 3. The molecular formula is C20H26N4O. The van der Waals surface area contributed by atoms with Gasteiger partial charge in [0, 0.05) is 18.2 Å². The Morgan fingerprint density at radius 3 is 2.80 bits per heavy atom. The van der Waals surface area contributed by atoms with E-state index in [9.17, 15) is 4.79 Å². The molecule has 5 heteroatoms. The molecule has 1 aliphatic carbocycles. The molecule has 1 saturated heterocycles. The minimum atomic E-state index is -0.401. The van der Waals surface area contributed by atoms with Gasteiger partial charge >= 0.3 is 0 Å². The Kier molecular flexibility index (Phi) is 4.34. The first-order valence-electron chi connectivity index (χ1n) is 9.23. The number of likely N-dealkylation sites (tertiary alicyclic amines) is 1. The monoisotopic (exact) mass is 338 g/mol. The number of carbonyl (C=O) groups is 1. The third-order valence-corrected chi connectivity index (χ3v) is 5.96. The average molecular weight is 338 g/mol. The second-order valence-electron chi connectivity index (χ2n) is 7.54. The van der Waals surface area contributed by atoms with E-state index in [4.69, 9.17) is 0 Å². The van der Waals surface area contributed by atoms with Crippen LogP contribution in [0.3, 0.4) is 0 Å². The molecule has 5 nitrogen and oxygen atoms in total. The van der Waals surface area contributed by atoms with Crippen molar-refractivity contribution in [1.29, 1.82) is 0 Å². The predicted octanol–water partition coefficient (Wildman–Crippen LogP) is 2.05. The average Bonchev–Trinajstić information content (AvgIpc) is 3.11. The lowest BCUT2D eigenvalue weighted by Crippen LogP contribution is -2.54. The summed E-state index contributed by atoms with van der Waals surface area (Å²) in [5, 5.41) is 10.6. The van der Waals surface area contributed by atoms with Crippen LogP contribution in [0.4, 0.5) is 0 Å². The van der Waals surface area contributed by atoms with Gasteiger partial charge in [0.05, 0.1) is 11.6 Å². The maximum absolute atomic E-state index is 13.4. The number of benzene rings is 1. The molecule has 4 rings (SSSR count). The van der Waals surface area contributed by atoms with Gasteiger partial charge in [-0.25, -0.2) is 0 Å². The van der Waals surface area contributed by atoms with E-state index >= 15 is 0 Å². The molecular weight excluding hydrogens is 312 g/mol. The largest absolute Gasteiger partial charge is 0.352 e. The highest BCUT2D eigenvalue weighted by Gasteiger charge is 2.43. The highest BCUT2D eigenvalue weighted by Crippen LogP contribution is 2.36. The molecule has 25 heavy (non-hydrogen) atoms. The van der Waals surface area contributed by atoms with Gasteiger partial charge < -0.3 is 10.2 Å². The van der Waals surface area contributed by atoms with E-state index < -0.39 is 5.41 Å². The minimum absolute atomic E-state index is 0.194. The number of amides is 1. The number of carbonyl (C=O) groups excluding carboxylic acids is 1. The Balaban J connectivity index is 1.55. The molecule has 0 saturated carbocycles. The molecule has 0 radical (unpaired) electrons. The van der Waals surface area contributed by atoms with Crippen LogP contribution in [0.2, 0.25) is 0 Å². The standard InChI is InChI=1S/C20H26N4O/c1-24-11-9-20(10-12-24,16-5-3-2-4-6-16)19(25)22-17-8-7-15-14-21-23-18(15)13-17/h2-6,14,17H,7-13H2,1H3,(H,21,23)(H,22,25)/t17-/m1/s1. The summed E-state index contributed by atoms with van der Waals surface area (Å²) >= 11 is 0. The zero-order chi connectivity index (χ0) is 17.3. The molecule has 2 aromatic rings. The quantitative estimate of drug-likeness (QED) is 0.900. The molecule has 2 heterocycles. The first kappa shape index (κ1) is 16.3. The van der Waals surface area contributed by atoms with Crippen LogP contribution < -0.4 is 5.32 Å². The van der Waals surface area contributed by atoms with E-state index in [0.717, 1.165) is 50.8 Å². The molecule has 1 atom stereocenters. The van der Waals surface area contributed by atoms with Gasteiger partial charge in [-0.2, -0.15) is 5.10 Å². The van der Waals surface area contributed by atoms with E-state index in [1.807, 2.05) is 24.4 Å². The molecule has 2 aliphatic rings. The number of piperidine rings is 1. The van der Waals surface area contributed by atoms with E-state index in [1.165, 1.54) is 11.3 Å². The van der Waals surface area contributed by atoms with E-state index in [0.29, 0.717) is 0 Å². The van der Waals surface area contributed by atoms with Crippen molar-refractivity contribution >= 4 is 5.91 Å². The lowest BCUT2D eigenvalue weighted by Gasteiger charge is -2.41. The zero-order valence-corrected chi connectivity index (χ0v) is 14.8. The van der Waals surface area contributed by atoms with Gasteiger partial charge in [0.25, 0.3) is 0 Å². The number of hydrogen-bond acceptors (Lipinski definition) is 3. The fourth-order valence-electron chi connectivity index (χ4n) is 4.26.